The average Bonchev–Trinajstić information content (AvgIpc) is 1.91. The van der Waals surface area contributed by atoms with Gasteiger partial charge in [0.2, 0.25) is 0 Å². The summed E-state index contributed by atoms with van der Waals surface area (Å²) in [6, 6.07) is 0. The predicted octanol–water partition coefficient (Wildman–Crippen LogP) is 0.483. The van der Waals surface area contributed by atoms with Crippen LogP contribution < -0.4 is 18.9 Å². The molecule has 0 amide bonds. The Balaban J connectivity index is 0. The second-order valence-corrected chi connectivity index (χ2v) is 3.29. The fraction of sp³-hybridized carbons (Fsp3) is 1.00. The van der Waals surface area contributed by atoms with E-state index >= 15 is 0 Å². The second kappa shape index (κ2) is 6.32. The van der Waals surface area contributed by atoms with Crippen molar-refractivity contribution in [1.29, 1.82) is 0 Å². The van der Waals surface area contributed by atoms with E-state index in [0.29, 0.717) is 0 Å². The molecule has 0 N–H and O–H groups in total. The Hall–Kier alpha value is 0.597. The van der Waals surface area contributed by atoms with Crippen molar-refractivity contribution in [3.05, 3.63) is 0 Å². The Labute approximate surface area is 78.4 Å². The number of hydrogen-bond acceptors (Lipinski definition) is 0. The molecular formula is C9H19Li. The summed E-state index contributed by atoms with van der Waals surface area (Å²) in [4.78, 5) is 0. The molecule has 0 bridgehead atoms. The van der Waals surface area contributed by atoms with Gasteiger partial charge < -0.3 is 1.43 Å². The first-order valence-electron chi connectivity index (χ1n) is 4.43. The first kappa shape index (κ1) is 10.6. The summed E-state index contributed by atoms with van der Waals surface area (Å²) >= 11 is 0. The summed E-state index contributed by atoms with van der Waals surface area (Å²) in [5.74, 6) is 1.10. The average molecular weight is 134 g/mol. The molecule has 0 spiro atoms. The van der Waals surface area contributed by atoms with Crippen LogP contribution in [0.3, 0.4) is 0 Å². The molecule has 0 aromatic carbocycles. The van der Waals surface area contributed by atoms with Gasteiger partial charge in [0.05, 0.1) is 0 Å². The van der Waals surface area contributed by atoms with Crippen LogP contribution in [-0.4, -0.2) is 0 Å². The van der Waals surface area contributed by atoms with E-state index in [1.807, 2.05) is 0 Å². The third-order valence-corrected chi connectivity index (χ3v) is 2.42. The van der Waals surface area contributed by atoms with Crippen LogP contribution in [0.15, 0.2) is 0 Å². The van der Waals surface area contributed by atoms with Crippen LogP contribution in [-0.2, 0) is 0 Å². The van der Waals surface area contributed by atoms with Crippen LogP contribution in [0.5, 0.6) is 0 Å². The van der Waals surface area contributed by atoms with Crippen molar-refractivity contribution in [1.82, 2.24) is 0 Å². The molecule has 0 heterocycles. The van der Waals surface area contributed by atoms with Crippen LogP contribution in [0.1, 0.15) is 53.3 Å². The summed E-state index contributed by atoms with van der Waals surface area (Å²) in [7, 11) is 0. The SMILES string of the molecule is CCCC1CCCCC1.[H-].[Li+]. The molecule has 1 fully saturated rings. The smallest absolute Gasteiger partial charge is 1.00 e. The minimum absolute atomic E-state index is 0. The largest absolute Gasteiger partial charge is 1.00 e. The Morgan fingerprint density at radius 3 is 2.30 bits per heavy atom. The van der Waals surface area contributed by atoms with E-state index in [1.54, 1.807) is 0 Å². The normalized spacial score (nSPS) is 20.1. The standard InChI is InChI=1S/C9H18.Li.H/c1-2-6-9-7-4-3-5-8-9;;/h9H,2-8H2,1H3;;/q;+1;-1. The molecule has 0 atom stereocenters. The van der Waals surface area contributed by atoms with Crippen molar-refractivity contribution in [2.75, 3.05) is 0 Å². The minimum atomic E-state index is 0. The Kier molecular flexibility index (Phi) is 6.69. The van der Waals surface area contributed by atoms with Gasteiger partial charge in [-0.2, -0.15) is 0 Å². The molecule has 0 unspecified atom stereocenters. The summed E-state index contributed by atoms with van der Waals surface area (Å²) in [6.45, 7) is 2.30. The van der Waals surface area contributed by atoms with Crippen molar-refractivity contribution in [3.63, 3.8) is 0 Å². The number of rotatable bonds is 2. The quantitative estimate of drug-likeness (QED) is 0.482. The van der Waals surface area contributed by atoms with E-state index in [1.165, 1.54) is 44.9 Å². The minimum Gasteiger partial charge on any atom is -1.00 e. The first-order chi connectivity index (χ1) is 4.43. The summed E-state index contributed by atoms with van der Waals surface area (Å²) in [5, 5.41) is 0. The summed E-state index contributed by atoms with van der Waals surface area (Å²) in [6.07, 6.45) is 10.4. The molecular weight excluding hydrogens is 115 g/mol. The third-order valence-electron chi connectivity index (χ3n) is 2.42. The topological polar surface area (TPSA) is 0 Å². The van der Waals surface area contributed by atoms with Crippen LogP contribution in [0.2, 0.25) is 0 Å². The molecule has 56 valence electrons. The maximum absolute atomic E-state index is 2.30. The molecule has 1 heteroatoms. The van der Waals surface area contributed by atoms with Gasteiger partial charge in [-0.05, 0) is 5.92 Å². The van der Waals surface area contributed by atoms with Crippen molar-refractivity contribution >= 4 is 0 Å². The van der Waals surface area contributed by atoms with E-state index in [2.05, 4.69) is 6.92 Å². The molecule has 0 nitrogen and oxygen atoms in total. The van der Waals surface area contributed by atoms with Crippen molar-refractivity contribution in [2.24, 2.45) is 5.92 Å². The van der Waals surface area contributed by atoms with E-state index in [-0.39, 0.29) is 20.3 Å². The molecule has 1 aliphatic rings. The predicted molar refractivity (Wildman–Crippen MR) is 42.6 cm³/mol. The van der Waals surface area contributed by atoms with E-state index < -0.39 is 0 Å². The molecule has 0 radical (unpaired) electrons. The monoisotopic (exact) mass is 134 g/mol. The van der Waals surface area contributed by atoms with Gasteiger partial charge in [0, 0.05) is 0 Å². The zero-order chi connectivity index (χ0) is 6.53. The van der Waals surface area contributed by atoms with Gasteiger partial charge in [0.1, 0.15) is 0 Å². The zero-order valence-electron chi connectivity index (χ0n) is 8.53. The van der Waals surface area contributed by atoms with Gasteiger partial charge in [-0.3, -0.25) is 0 Å². The Bertz CT molecular complexity index is 67.2. The van der Waals surface area contributed by atoms with Crippen LogP contribution in [0, 0.1) is 5.92 Å². The van der Waals surface area contributed by atoms with Crippen molar-refractivity contribution < 1.29 is 20.3 Å². The number of hydrogen-bond donors (Lipinski definition) is 0. The maximum atomic E-state index is 2.30. The van der Waals surface area contributed by atoms with Gasteiger partial charge in [-0.25, -0.2) is 0 Å². The van der Waals surface area contributed by atoms with Crippen molar-refractivity contribution in [3.8, 4) is 0 Å². The zero-order valence-corrected chi connectivity index (χ0v) is 7.53. The van der Waals surface area contributed by atoms with Gasteiger partial charge in [-0.1, -0.05) is 51.9 Å². The maximum Gasteiger partial charge on any atom is 1.00 e. The van der Waals surface area contributed by atoms with Crippen LogP contribution >= 0.6 is 0 Å². The van der Waals surface area contributed by atoms with Crippen molar-refractivity contribution in [2.45, 2.75) is 51.9 Å². The first-order valence-corrected chi connectivity index (χ1v) is 4.43. The molecule has 0 aromatic rings. The van der Waals surface area contributed by atoms with E-state index in [4.69, 9.17) is 0 Å². The molecule has 0 aromatic heterocycles. The van der Waals surface area contributed by atoms with Gasteiger partial charge >= 0.3 is 18.9 Å². The van der Waals surface area contributed by atoms with Gasteiger partial charge in [-0.15, -0.1) is 0 Å². The molecule has 1 rings (SSSR count). The summed E-state index contributed by atoms with van der Waals surface area (Å²) < 4.78 is 0. The summed E-state index contributed by atoms with van der Waals surface area (Å²) in [5.41, 5.74) is 0. The molecule has 10 heavy (non-hydrogen) atoms. The third kappa shape index (κ3) is 3.69. The molecule has 0 saturated heterocycles. The molecule has 1 aliphatic carbocycles. The Morgan fingerprint density at radius 2 is 1.80 bits per heavy atom. The van der Waals surface area contributed by atoms with Crippen LogP contribution in [0.4, 0.5) is 0 Å². The Morgan fingerprint density at radius 1 is 1.20 bits per heavy atom. The fourth-order valence-electron chi connectivity index (χ4n) is 1.88. The second-order valence-electron chi connectivity index (χ2n) is 3.29. The van der Waals surface area contributed by atoms with Gasteiger partial charge in [0.15, 0.2) is 0 Å². The fourth-order valence-corrected chi connectivity index (χ4v) is 1.88. The molecule has 0 aliphatic heterocycles. The van der Waals surface area contributed by atoms with Gasteiger partial charge in [0.25, 0.3) is 0 Å². The molecule has 1 saturated carbocycles. The van der Waals surface area contributed by atoms with Crippen LogP contribution in [0.25, 0.3) is 0 Å². The van der Waals surface area contributed by atoms with E-state index in [0.717, 1.165) is 5.92 Å². The van der Waals surface area contributed by atoms with E-state index in [9.17, 15) is 0 Å².